The van der Waals surface area contributed by atoms with Crippen LogP contribution < -0.4 is 5.32 Å². The van der Waals surface area contributed by atoms with Crippen LogP contribution in [0.15, 0.2) is 60.7 Å². The number of likely N-dealkylation sites (N-methyl/N-ethyl adjacent to an activating group) is 1. The molecule has 0 aromatic heterocycles. The molecule has 3 heteroatoms. The molecule has 1 N–H and O–H groups in total. The van der Waals surface area contributed by atoms with Crippen molar-refractivity contribution in [2.24, 2.45) is 0 Å². The molecular formula is C29H37N3. The maximum absolute atomic E-state index is 8.94. The number of nitrogens with one attached hydrogen (secondary N) is 1. The number of rotatable bonds is 4. The summed E-state index contributed by atoms with van der Waals surface area (Å²) < 4.78 is 0. The highest BCUT2D eigenvalue weighted by Gasteiger charge is 2.16. The van der Waals surface area contributed by atoms with Gasteiger partial charge >= 0.3 is 0 Å². The molecule has 1 fully saturated rings. The summed E-state index contributed by atoms with van der Waals surface area (Å²) in [6.07, 6.45) is 3.81. The van der Waals surface area contributed by atoms with Gasteiger partial charge in [0.15, 0.2) is 0 Å². The van der Waals surface area contributed by atoms with E-state index in [1.807, 2.05) is 24.3 Å². The van der Waals surface area contributed by atoms with E-state index in [4.69, 9.17) is 5.26 Å². The van der Waals surface area contributed by atoms with E-state index in [-0.39, 0.29) is 5.54 Å². The van der Waals surface area contributed by atoms with Gasteiger partial charge in [0, 0.05) is 18.1 Å². The topological polar surface area (TPSA) is 39.1 Å². The molecule has 1 saturated heterocycles. The number of nitriles is 1. The first kappa shape index (κ1) is 24.0. The van der Waals surface area contributed by atoms with Crippen molar-refractivity contribution in [1.29, 1.82) is 5.26 Å². The van der Waals surface area contributed by atoms with Crippen LogP contribution in [0.5, 0.6) is 0 Å². The quantitative estimate of drug-likeness (QED) is 0.523. The summed E-state index contributed by atoms with van der Waals surface area (Å²) in [5.41, 5.74) is 4.59. The van der Waals surface area contributed by atoms with Crippen molar-refractivity contribution < 1.29 is 0 Å². The minimum atomic E-state index is 0.201. The fourth-order valence-corrected chi connectivity index (χ4v) is 3.86. The Morgan fingerprint density at radius 1 is 0.969 bits per heavy atom. The van der Waals surface area contributed by atoms with Crippen LogP contribution in [0.4, 0.5) is 0 Å². The van der Waals surface area contributed by atoms with Crippen molar-refractivity contribution >= 4 is 10.8 Å². The van der Waals surface area contributed by atoms with Crippen LogP contribution in [0.25, 0.3) is 21.9 Å². The molecule has 4 rings (SSSR count). The van der Waals surface area contributed by atoms with E-state index >= 15 is 0 Å². The van der Waals surface area contributed by atoms with Crippen molar-refractivity contribution in [2.45, 2.75) is 58.5 Å². The van der Waals surface area contributed by atoms with Crippen LogP contribution >= 0.6 is 0 Å². The van der Waals surface area contributed by atoms with Crippen LogP contribution in [-0.2, 0) is 6.42 Å². The average molecular weight is 428 g/mol. The number of benzene rings is 3. The minimum absolute atomic E-state index is 0.201. The second kappa shape index (κ2) is 10.8. The van der Waals surface area contributed by atoms with Gasteiger partial charge in [-0.3, -0.25) is 0 Å². The molecule has 1 heterocycles. The third kappa shape index (κ3) is 6.66. The average Bonchev–Trinajstić information content (AvgIpc) is 3.27. The third-order valence-electron chi connectivity index (χ3n) is 6.44. The van der Waals surface area contributed by atoms with E-state index in [0.29, 0.717) is 5.56 Å². The van der Waals surface area contributed by atoms with E-state index in [2.05, 4.69) is 87.4 Å². The van der Waals surface area contributed by atoms with Gasteiger partial charge in [0.05, 0.1) is 11.6 Å². The van der Waals surface area contributed by atoms with Gasteiger partial charge in [0.1, 0.15) is 0 Å². The lowest BCUT2D eigenvalue weighted by Gasteiger charge is -2.31. The molecule has 1 atom stereocenters. The molecule has 0 bridgehead atoms. The molecule has 0 amide bonds. The summed E-state index contributed by atoms with van der Waals surface area (Å²) in [5, 5.41) is 14.8. The number of hydrogen-bond acceptors (Lipinski definition) is 3. The fourth-order valence-electron chi connectivity index (χ4n) is 3.86. The zero-order valence-corrected chi connectivity index (χ0v) is 20.3. The molecule has 3 nitrogen and oxygen atoms in total. The van der Waals surface area contributed by atoms with Crippen molar-refractivity contribution in [3.05, 3.63) is 71.8 Å². The first-order valence-electron chi connectivity index (χ1n) is 11.7. The van der Waals surface area contributed by atoms with Crippen LogP contribution in [-0.4, -0.2) is 36.6 Å². The lowest BCUT2D eigenvalue weighted by Crippen LogP contribution is -2.39. The summed E-state index contributed by atoms with van der Waals surface area (Å²) in [5.74, 6) is 0. The number of nitrogens with zero attached hydrogens (tertiary/aromatic N) is 2. The summed E-state index contributed by atoms with van der Waals surface area (Å²) in [6.45, 7) is 11.3. The first-order valence-corrected chi connectivity index (χ1v) is 11.7. The molecule has 168 valence electrons. The van der Waals surface area contributed by atoms with Crippen molar-refractivity contribution in [1.82, 2.24) is 10.2 Å². The summed E-state index contributed by atoms with van der Waals surface area (Å²) in [6, 6.07) is 24.1. The van der Waals surface area contributed by atoms with Gasteiger partial charge in [-0.05, 0) is 106 Å². The summed E-state index contributed by atoms with van der Waals surface area (Å²) in [4.78, 5) is 2.39. The molecule has 0 spiro atoms. The van der Waals surface area contributed by atoms with Gasteiger partial charge in [-0.2, -0.15) is 5.26 Å². The Balaban J connectivity index is 0.000000416. The molecule has 1 aliphatic heterocycles. The van der Waals surface area contributed by atoms with Gasteiger partial charge in [-0.15, -0.1) is 0 Å². The maximum Gasteiger partial charge on any atom is 0.0991 e. The molecule has 0 radical (unpaired) electrons. The van der Waals surface area contributed by atoms with Crippen molar-refractivity contribution in [2.75, 3.05) is 20.1 Å². The molecule has 0 aliphatic carbocycles. The van der Waals surface area contributed by atoms with Gasteiger partial charge in [0.2, 0.25) is 0 Å². The highest BCUT2D eigenvalue weighted by atomic mass is 15.1. The Labute approximate surface area is 194 Å². The van der Waals surface area contributed by atoms with Crippen LogP contribution in [0.2, 0.25) is 0 Å². The van der Waals surface area contributed by atoms with Gasteiger partial charge in [0.25, 0.3) is 0 Å². The minimum Gasteiger partial charge on any atom is -0.314 e. The van der Waals surface area contributed by atoms with Crippen LogP contribution in [0.3, 0.4) is 0 Å². The van der Waals surface area contributed by atoms with Crippen LogP contribution in [0, 0.1) is 11.3 Å². The molecular weight excluding hydrogens is 390 g/mol. The SMILES string of the molecule is CN(CCc1ccc2cc(-c3ccc(C#N)cc3)ccc2c1)C(C)(C)C.C[C@@H]1CCCN1. The fraction of sp³-hybridized carbons (Fsp3) is 0.414. The predicted octanol–water partition coefficient (Wildman–Crippen LogP) is 6.41. The second-order valence-electron chi connectivity index (χ2n) is 9.93. The molecule has 0 saturated carbocycles. The van der Waals surface area contributed by atoms with Crippen LogP contribution in [0.1, 0.15) is 51.7 Å². The van der Waals surface area contributed by atoms with Crippen molar-refractivity contribution in [3.8, 4) is 17.2 Å². The highest BCUT2D eigenvalue weighted by molar-refractivity contribution is 5.87. The zero-order chi connectivity index (χ0) is 23.1. The Morgan fingerprint density at radius 3 is 2.19 bits per heavy atom. The standard InChI is InChI=1S/C24H26N2.C5H11N/c1-24(2,3)26(4)14-13-18-5-10-23-16-22(12-11-21(23)15-18)20-8-6-19(17-25)7-9-20;1-5-3-2-4-6-5/h5-12,15-16H,13-14H2,1-4H3;5-6H,2-4H2,1H3/t;5-/m.1/s1. The zero-order valence-electron chi connectivity index (χ0n) is 20.3. The molecule has 0 unspecified atom stereocenters. The Morgan fingerprint density at radius 2 is 1.62 bits per heavy atom. The molecule has 32 heavy (non-hydrogen) atoms. The molecule has 3 aromatic carbocycles. The molecule has 3 aromatic rings. The lowest BCUT2D eigenvalue weighted by atomic mass is 9.98. The van der Waals surface area contributed by atoms with E-state index in [0.717, 1.165) is 24.6 Å². The normalized spacial score (nSPS) is 16.0. The van der Waals surface area contributed by atoms with E-state index in [9.17, 15) is 0 Å². The predicted molar refractivity (Wildman–Crippen MR) is 137 cm³/mol. The highest BCUT2D eigenvalue weighted by Crippen LogP contribution is 2.26. The van der Waals surface area contributed by atoms with E-state index < -0.39 is 0 Å². The Kier molecular flexibility index (Phi) is 8.07. The largest absolute Gasteiger partial charge is 0.314 e. The van der Waals surface area contributed by atoms with E-state index in [1.165, 1.54) is 41.3 Å². The Bertz CT molecular complexity index is 1050. The first-order chi connectivity index (χ1) is 15.3. The second-order valence-corrected chi connectivity index (χ2v) is 9.93. The summed E-state index contributed by atoms with van der Waals surface area (Å²) >= 11 is 0. The monoisotopic (exact) mass is 427 g/mol. The number of fused-ring (bicyclic) bond motifs is 1. The Hall–Kier alpha value is -2.67. The van der Waals surface area contributed by atoms with Gasteiger partial charge in [-0.1, -0.05) is 42.5 Å². The van der Waals surface area contributed by atoms with E-state index in [1.54, 1.807) is 0 Å². The van der Waals surface area contributed by atoms with Crippen molar-refractivity contribution in [3.63, 3.8) is 0 Å². The third-order valence-corrected chi connectivity index (χ3v) is 6.44. The number of hydrogen-bond donors (Lipinski definition) is 1. The maximum atomic E-state index is 8.94. The van der Waals surface area contributed by atoms with Gasteiger partial charge in [-0.25, -0.2) is 0 Å². The molecule has 1 aliphatic rings. The lowest BCUT2D eigenvalue weighted by molar-refractivity contribution is 0.178. The smallest absolute Gasteiger partial charge is 0.0991 e. The summed E-state index contributed by atoms with van der Waals surface area (Å²) in [7, 11) is 2.19. The van der Waals surface area contributed by atoms with Gasteiger partial charge < -0.3 is 10.2 Å².